The van der Waals surface area contributed by atoms with Crippen LogP contribution in [0.4, 0.5) is 0 Å². The van der Waals surface area contributed by atoms with E-state index >= 15 is 0 Å². The number of esters is 1. The third-order valence-electron chi connectivity index (χ3n) is 2.84. The van der Waals surface area contributed by atoms with Crippen molar-refractivity contribution in [2.45, 2.75) is 66.0 Å². The number of carbonyl (C=O) groups excluding carboxylic acids is 2. The highest BCUT2D eigenvalue weighted by Gasteiger charge is 2.29. The number of ether oxygens (including phenoxy) is 1. The van der Waals surface area contributed by atoms with Crippen molar-refractivity contribution in [3.8, 4) is 0 Å². The Hall–Kier alpha value is -1.32. The van der Waals surface area contributed by atoms with E-state index in [1.165, 1.54) is 0 Å². The summed E-state index contributed by atoms with van der Waals surface area (Å²) < 4.78 is 5.37. The summed E-state index contributed by atoms with van der Waals surface area (Å²) in [6.07, 6.45) is 0.586. The van der Waals surface area contributed by atoms with Crippen LogP contribution in [0.1, 0.15) is 54.9 Å². The Kier molecular flexibility index (Phi) is 5.79. The van der Waals surface area contributed by atoms with Crippen LogP contribution in [0.15, 0.2) is 12.2 Å². The van der Waals surface area contributed by atoms with Crippen LogP contribution in [-0.2, 0) is 14.3 Å². The van der Waals surface area contributed by atoms with Crippen molar-refractivity contribution in [1.82, 2.24) is 4.90 Å². The third kappa shape index (κ3) is 6.41. The van der Waals surface area contributed by atoms with Crippen LogP contribution in [0, 0.1) is 0 Å². The van der Waals surface area contributed by atoms with Gasteiger partial charge in [-0.15, -0.1) is 0 Å². The molecule has 0 radical (unpaired) electrons. The van der Waals surface area contributed by atoms with Gasteiger partial charge < -0.3 is 9.64 Å². The number of nitrogens with zero attached hydrogens (tertiary/aromatic N) is 1. The number of rotatable bonds is 5. The molecular weight excluding hydrogens is 242 g/mol. The van der Waals surface area contributed by atoms with Gasteiger partial charge in [-0.1, -0.05) is 6.58 Å². The molecule has 0 spiro atoms. The van der Waals surface area contributed by atoms with E-state index in [1.54, 1.807) is 18.7 Å². The second-order valence-electron chi connectivity index (χ2n) is 6.52. The zero-order chi connectivity index (χ0) is 15.4. The predicted octanol–water partition coefficient (Wildman–Crippen LogP) is 2.92. The zero-order valence-corrected chi connectivity index (χ0v) is 13.3. The molecule has 110 valence electrons. The van der Waals surface area contributed by atoms with Crippen LogP contribution in [0.5, 0.6) is 0 Å². The highest BCUT2D eigenvalue weighted by Crippen LogP contribution is 2.21. The molecule has 0 bridgehead atoms. The Morgan fingerprint density at radius 1 is 1.11 bits per heavy atom. The minimum atomic E-state index is -0.616. The summed E-state index contributed by atoms with van der Waals surface area (Å²) in [7, 11) is 0. The quantitative estimate of drug-likeness (QED) is 0.569. The lowest BCUT2D eigenvalue weighted by Crippen LogP contribution is -2.47. The van der Waals surface area contributed by atoms with Gasteiger partial charge in [-0.05, 0) is 41.5 Å². The molecule has 0 unspecified atom stereocenters. The second-order valence-corrected chi connectivity index (χ2v) is 6.52. The van der Waals surface area contributed by atoms with Crippen molar-refractivity contribution >= 4 is 11.9 Å². The first-order chi connectivity index (χ1) is 8.37. The van der Waals surface area contributed by atoms with Crippen molar-refractivity contribution in [3.63, 3.8) is 0 Å². The Morgan fingerprint density at radius 3 is 1.89 bits per heavy atom. The Balaban J connectivity index is 4.63. The molecule has 0 atom stereocenters. The summed E-state index contributed by atoms with van der Waals surface area (Å²) >= 11 is 0. The van der Waals surface area contributed by atoms with Crippen molar-refractivity contribution in [2.75, 3.05) is 6.54 Å². The van der Waals surface area contributed by atoms with Crippen molar-refractivity contribution < 1.29 is 14.3 Å². The van der Waals surface area contributed by atoms with Gasteiger partial charge in [-0.25, -0.2) is 4.79 Å². The van der Waals surface area contributed by atoms with Gasteiger partial charge in [-0.2, -0.15) is 0 Å². The Morgan fingerprint density at radius 2 is 1.58 bits per heavy atom. The van der Waals surface area contributed by atoms with Crippen LogP contribution >= 0.6 is 0 Å². The monoisotopic (exact) mass is 269 g/mol. The van der Waals surface area contributed by atoms with E-state index in [1.807, 2.05) is 34.6 Å². The lowest BCUT2D eigenvalue weighted by Gasteiger charge is -2.37. The van der Waals surface area contributed by atoms with E-state index in [0.29, 0.717) is 18.5 Å². The highest BCUT2D eigenvalue weighted by molar-refractivity contribution is 5.87. The highest BCUT2D eigenvalue weighted by atomic mass is 16.6. The van der Waals surface area contributed by atoms with Gasteiger partial charge in [0.25, 0.3) is 0 Å². The number of carbonyl (C=O) groups is 2. The van der Waals surface area contributed by atoms with E-state index in [4.69, 9.17) is 4.74 Å². The molecule has 1 amide bonds. The van der Waals surface area contributed by atoms with Crippen LogP contribution in [0.3, 0.4) is 0 Å². The normalized spacial score (nSPS) is 11.9. The minimum absolute atomic E-state index is 0.0227. The summed E-state index contributed by atoms with van der Waals surface area (Å²) in [4.78, 5) is 25.0. The molecule has 0 rings (SSSR count). The topological polar surface area (TPSA) is 46.6 Å². The van der Waals surface area contributed by atoms with E-state index in [0.717, 1.165) is 0 Å². The molecule has 0 aliphatic rings. The maximum atomic E-state index is 11.6. The van der Waals surface area contributed by atoms with Gasteiger partial charge in [0.05, 0.1) is 0 Å². The minimum Gasteiger partial charge on any atom is -0.456 e. The van der Waals surface area contributed by atoms with E-state index in [-0.39, 0.29) is 11.4 Å². The van der Waals surface area contributed by atoms with Gasteiger partial charge >= 0.3 is 5.97 Å². The molecule has 0 aromatic heterocycles. The molecule has 0 aromatic rings. The number of hydrogen-bond donors (Lipinski definition) is 0. The third-order valence-corrected chi connectivity index (χ3v) is 2.84. The standard InChI is InChI=1S/C15H27NO3/c1-11(2)13(18)19-15(7,8)9-10-16(12(3)17)14(4,5)6/h1,9-10H2,2-8H3. The van der Waals surface area contributed by atoms with Crippen LogP contribution in [-0.4, -0.2) is 34.5 Å². The summed E-state index contributed by atoms with van der Waals surface area (Å²) in [6, 6.07) is 0. The van der Waals surface area contributed by atoms with Gasteiger partial charge in [0.1, 0.15) is 5.60 Å². The molecule has 0 saturated carbocycles. The molecule has 0 saturated heterocycles. The SMILES string of the molecule is C=C(C)C(=O)OC(C)(C)CCN(C(C)=O)C(C)(C)C. The molecule has 19 heavy (non-hydrogen) atoms. The average molecular weight is 269 g/mol. The van der Waals surface area contributed by atoms with Crippen LogP contribution in [0.2, 0.25) is 0 Å². The molecule has 0 N–H and O–H groups in total. The predicted molar refractivity (Wildman–Crippen MR) is 76.7 cm³/mol. The first kappa shape index (κ1) is 17.7. The van der Waals surface area contributed by atoms with Gasteiger partial charge in [0.2, 0.25) is 5.91 Å². The van der Waals surface area contributed by atoms with Crippen molar-refractivity contribution in [3.05, 3.63) is 12.2 Å². The van der Waals surface area contributed by atoms with E-state index < -0.39 is 11.6 Å². The summed E-state index contributed by atoms with van der Waals surface area (Å²) in [5.41, 5.74) is -0.470. The number of hydrogen-bond acceptors (Lipinski definition) is 3. The molecule has 4 nitrogen and oxygen atoms in total. The summed E-state index contributed by atoms with van der Waals surface area (Å²) in [5, 5.41) is 0. The molecule has 0 aliphatic heterocycles. The lowest BCUT2D eigenvalue weighted by molar-refractivity contribution is -0.152. The molecule has 0 fully saturated rings. The summed E-state index contributed by atoms with van der Waals surface area (Å²) in [5.74, 6) is -0.371. The Bertz CT molecular complexity index is 364. The lowest BCUT2D eigenvalue weighted by atomic mass is 10.0. The van der Waals surface area contributed by atoms with Crippen LogP contribution in [0.25, 0.3) is 0 Å². The van der Waals surface area contributed by atoms with Crippen molar-refractivity contribution in [1.29, 1.82) is 0 Å². The largest absolute Gasteiger partial charge is 0.456 e. The molecule has 0 aromatic carbocycles. The Labute approximate surface area is 116 Å². The molecule has 0 aliphatic carbocycles. The molecule has 0 heterocycles. The summed E-state index contributed by atoms with van der Waals surface area (Å²) in [6.45, 7) is 16.9. The zero-order valence-electron chi connectivity index (χ0n) is 13.3. The second kappa shape index (κ2) is 6.22. The van der Waals surface area contributed by atoms with Gasteiger partial charge in [0, 0.05) is 31.0 Å². The van der Waals surface area contributed by atoms with E-state index in [9.17, 15) is 9.59 Å². The van der Waals surface area contributed by atoms with Crippen LogP contribution < -0.4 is 0 Å². The first-order valence-electron chi connectivity index (χ1n) is 6.54. The molecular formula is C15H27NO3. The van der Waals surface area contributed by atoms with Gasteiger partial charge in [0.15, 0.2) is 0 Å². The van der Waals surface area contributed by atoms with E-state index in [2.05, 4.69) is 6.58 Å². The maximum absolute atomic E-state index is 11.6. The maximum Gasteiger partial charge on any atom is 0.333 e. The smallest absolute Gasteiger partial charge is 0.333 e. The first-order valence-corrected chi connectivity index (χ1v) is 6.54. The molecule has 4 heteroatoms. The fraction of sp³-hybridized carbons (Fsp3) is 0.733. The number of amides is 1. The fourth-order valence-corrected chi connectivity index (χ4v) is 1.74. The van der Waals surface area contributed by atoms with Crippen molar-refractivity contribution in [2.24, 2.45) is 0 Å². The average Bonchev–Trinajstić information content (AvgIpc) is 2.13. The van der Waals surface area contributed by atoms with Gasteiger partial charge in [-0.3, -0.25) is 4.79 Å². The fourth-order valence-electron chi connectivity index (χ4n) is 1.74.